The van der Waals surface area contributed by atoms with E-state index in [4.69, 9.17) is 5.73 Å². The van der Waals surface area contributed by atoms with E-state index in [1.165, 1.54) is 12.1 Å². The van der Waals surface area contributed by atoms with Crippen molar-refractivity contribution >= 4 is 0 Å². The fourth-order valence-corrected chi connectivity index (χ4v) is 1.99. The van der Waals surface area contributed by atoms with Gasteiger partial charge in [-0.05, 0) is 25.0 Å². The van der Waals surface area contributed by atoms with Crippen LogP contribution in [0.3, 0.4) is 0 Å². The van der Waals surface area contributed by atoms with E-state index in [0.717, 1.165) is 6.20 Å². The molecular weight excluding hydrogens is 217 g/mol. The average Bonchev–Trinajstić information content (AvgIpc) is 2.24. The molecule has 1 heterocycles. The lowest BCUT2D eigenvalue weighted by Crippen LogP contribution is -2.44. The van der Waals surface area contributed by atoms with Gasteiger partial charge in [0.05, 0.1) is 17.4 Å². The molecular formula is C11H13F3N2. The number of alkyl halides is 2. The quantitative estimate of drug-likeness (QED) is 0.805. The monoisotopic (exact) mass is 230 g/mol. The maximum atomic E-state index is 13.0. The summed E-state index contributed by atoms with van der Waals surface area (Å²) in [7, 11) is 0. The summed E-state index contributed by atoms with van der Waals surface area (Å²) < 4.78 is 38.7. The lowest BCUT2D eigenvalue weighted by atomic mass is 9.78. The highest BCUT2D eigenvalue weighted by atomic mass is 19.3. The zero-order valence-corrected chi connectivity index (χ0v) is 8.72. The van der Waals surface area contributed by atoms with Crippen molar-refractivity contribution in [1.82, 2.24) is 4.98 Å². The Hall–Kier alpha value is -1.10. The van der Waals surface area contributed by atoms with Crippen LogP contribution in [0, 0.1) is 5.82 Å². The minimum absolute atomic E-state index is 0.179. The second-order valence-electron chi connectivity index (χ2n) is 4.37. The highest BCUT2D eigenvalue weighted by molar-refractivity contribution is 5.17. The van der Waals surface area contributed by atoms with Gasteiger partial charge in [-0.15, -0.1) is 0 Å². The molecule has 0 amide bonds. The van der Waals surface area contributed by atoms with Crippen molar-refractivity contribution in [3.63, 3.8) is 0 Å². The van der Waals surface area contributed by atoms with E-state index in [-0.39, 0.29) is 25.7 Å². The van der Waals surface area contributed by atoms with Crippen LogP contribution >= 0.6 is 0 Å². The van der Waals surface area contributed by atoms with Gasteiger partial charge in [0.25, 0.3) is 0 Å². The van der Waals surface area contributed by atoms with Crippen molar-refractivity contribution in [2.24, 2.45) is 5.73 Å². The highest BCUT2D eigenvalue weighted by Gasteiger charge is 2.42. The van der Waals surface area contributed by atoms with Crippen LogP contribution in [0.25, 0.3) is 0 Å². The summed E-state index contributed by atoms with van der Waals surface area (Å²) in [6.45, 7) is 0. The van der Waals surface area contributed by atoms with Gasteiger partial charge >= 0.3 is 0 Å². The second-order valence-corrected chi connectivity index (χ2v) is 4.37. The Bertz CT molecular complexity index is 365. The Morgan fingerprint density at radius 2 is 1.75 bits per heavy atom. The fraction of sp³-hybridized carbons (Fsp3) is 0.545. The van der Waals surface area contributed by atoms with Crippen LogP contribution in [0.15, 0.2) is 18.3 Å². The number of nitrogens with two attached hydrogens (primary N) is 1. The van der Waals surface area contributed by atoms with E-state index in [1.807, 2.05) is 0 Å². The van der Waals surface area contributed by atoms with Gasteiger partial charge in [-0.2, -0.15) is 0 Å². The molecule has 0 atom stereocenters. The van der Waals surface area contributed by atoms with E-state index in [1.54, 1.807) is 0 Å². The van der Waals surface area contributed by atoms with E-state index < -0.39 is 17.3 Å². The predicted molar refractivity (Wildman–Crippen MR) is 53.5 cm³/mol. The first-order valence-corrected chi connectivity index (χ1v) is 5.20. The van der Waals surface area contributed by atoms with Crippen molar-refractivity contribution < 1.29 is 13.2 Å². The van der Waals surface area contributed by atoms with Gasteiger partial charge in [0, 0.05) is 12.8 Å². The predicted octanol–water partition coefficient (Wildman–Crippen LogP) is 2.58. The molecule has 16 heavy (non-hydrogen) atoms. The Kier molecular flexibility index (Phi) is 2.66. The summed E-state index contributed by atoms with van der Waals surface area (Å²) in [4.78, 5) is 3.88. The molecule has 0 bridgehead atoms. The molecule has 1 aromatic heterocycles. The summed E-state index contributed by atoms with van der Waals surface area (Å²) >= 11 is 0. The molecule has 5 heteroatoms. The zero-order chi connectivity index (χ0) is 11.8. The first kappa shape index (κ1) is 11.4. The molecule has 1 aromatic rings. The largest absolute Gasteiger partial charge is 0.320 e. The summed E-state index contributed by atoms with van der Waals surface area (Å²) in [6, 6.07) is 2.72. The summed E-state index contributed by atoms with van der Waals surface area (Å²) in [5.74, 6) is -3.07. The van der Waals surface area contributed by atoms with Gasteiger partial charge < -0.3 is 5.73 Å². The smallest absolute Gasteiger partial charge is 0.248 e. The summed E-state index contributed by atoms with van der Waals surface area (Å²) in [5.41, 5.74) is 5.69. The Morgan fingerprint density at radius 3 is 2.25 bits per heavy atom. The van der Waals surface area contributed by atoms with E-state index >= 15 is 0 Å². The van der Waals surface area contributed by atoms with Gasteiger partial charge in [0.2, 0.25) is 5.92 Å². The van der Waals surface area contributed by atoms with Crippen LogP contribution in [-0.4, -0.2) is 10.9 Å². The zero-order valence-electron chi connectivity index (χ0n) is 8.72. The van der Waals surface area contributed by atoms with Crippen LogP contribution in [0.2, 0.25) is 0 Å². The number of aromatic nitrogens is 1. The Balaban J connectivity index is 2.18. The standard InChI is InChI=1S/C11H13F3N2/c12-8-1-2-9(16-7-8)10(15)3-5-11(13,14)6-4-10/h1-2,7H,3-6,15H2. The third-order valence-corrected chi connectivity index (χ3v) is 3.11. The molecule has 0 saturated heterocycles. The number of nitrogens with zero attached hydrogens (tertiary/aromatic N) is 1. The third-order valence-electron chi connectivity index (χ3n) is 3.11. The molecule has 1 aliphatic carbocycles. The molecule has 2 nitrogen and oxygen atoms in total. The summed E-state index contributed by atoms with van der Waals surface area (Å²) in [6.07, 6.45) is 0.957. The van der Waals surface area contributed by atoms with Gasteiger partial charge in [-0.25, -0.2) is 13.2 Å². The lowest BCUT2D eigenvalue weighted by molar-refractivity contribution is -0.0519. The first-order valence-electron chi connectivity index (χ1n) is 5.20. The van der Waals surface area contributed by atoms with Crippen molar-refractivity contribution in [3.05, 3.63) is 29.8 Å². The number of hydrogen-bond acceptors (Lipinski definition) is 2. The average molecular weight is 230 g/mol. The number of pyridine rings is 1. The van der Waals surface area contributed by atoms with E-state index in [9.17, 15) is 13.2 Å². The molecule has 0 aliphatic heterocycles. The molecule has 0 radical (unpaired) electrons. The summed E-state index contributed by atoms with van der Waals surface area (Å²) in [5, 5.41) is 0. The SMILES string of the molecule is NC1(c2ccc(F)cn2)CCC(F)(F)CC1. The third kappa shape index (κ3) is 2.19. The lowest BCUT2D eigenvalue weighted by Gasteiger charge is -2.36. The first-order chi connectivity index (χ1) is 7.41. The molecule has 2 rings (SSSR count). The normalized spacial score (nSPS) is 23.0. The Morgan fingerprint density at radius 1 is 1.12 bits per heavy atom. The fourth-order valence-electron chi connectivity index (χ4n) is 1.99. The Labute approximate surface area is 91.7 Å². The highest BCUT2D eigenvalue weighted by Crippen LogP contribution is 2.41. The maximum absolute atomic E-state index is 13.0. The van der Waals surface area contributed by atoms with Crippen molar-refractivity contribution in [2.45, 2.75) is 37.1 Å². The van der Waals surface area contributed by atoms with Crippen molar-refractivity contribution in [2.75, 3.05) is 0 Å². The van der Waals surface area contributed by atoms with Gasteiger partial charge in [0.15, 0.2) is 0 Å². The van der Waals surface area contributed by atoms with Crippen molar-refractivity contribution in [1.29, 1.82) is 0 Å². The van der Waals surface area contributed by atoms with Crippen LogP contribution in [0.1, 0.15) is 31.4 Å². The molecule has 1 fully saturated rings. The molecule has 2 N–H and O–H groups in total. The minimum atomic E-state index is -2.62. The molecule has 0 aromatic carbocycles. The number of hydrogen-bond donors (Lipinski definition) is 1. The minimum Gasteiger partial charge on any atom is -0.320 e. The van der Waals surface area contributed by atoms with Crippen LogP contribution < -0.4 is 5.73 Å². The van der Waals surface area contributed by atoms with E-state index in [2.05, 4.69) is 4.98 Å². The van der Waals surface area contributed by atoms with Crippen LogP contribution in [-0.2, 0) is 5.54 Å². The maximum Gasteiger partial charge on any atom is 0.248 e. The molecule has 88 valence electrons. The molecule has 0 spiro atoms. The van der Waals surface area contributed by atoms with Crippen molar-refractivity contribution in [3.8, 4) is 0 Å². The van der Waals surface area contributed by atoms with Crippen LogP contribution in [0.5, 0.6) is 0 Å². The van der Waals surface area contributed by atoms with Gasteiger partial charge in [0.1, 0.15) is 5.82 Å². The molecule has 0 unspecified atom stereocenters. The molecule has 1 aliphatic rings. The topological polar surface area (TPSA) is 38.9 Å². The van der Waals surface area contributed by atoms with E-state index in [0.29, 0.717) is 5.69 Å². The number of rotatable bonds is 1. The number of halogens is 3. The van der Waals surface area contributed by atoms with Gasteiger partial charge in [-0.3, -0.25) is 4.98 Å². The second kappa shape index (κ2) is 3.73. The van der Waals surface area contributed by atoms with Crippen LogP contribution in [0.4, 0.5) is 13.2 Å². The van der Waals surface area contributed by atoms with Gasteiger partial charge in [-0.1, -0.05) is 0 Å². The molecule has 1 saturated carbocycles.